The van der Waals surface area contributed by atoms with Gasteiger partial charge < -0.3 is 4.90 Å². The highest BCUT2D eigenvalue weighted by molar-refractivity contribution is 5.84. The van der Waals surface area contributed by atoms with Crippen molar-refractivity contribution in [1.82, 2.24) is 4.90 Å². The number of amidine groups is 1. The van der Waals surface area contributed by atoms with Crippen LogP contribution in [0.5, 0.6) is 0 Å². The molecule has 0 radical (unpaired) electrons. The molecule has 2 heteroatoms. The van der Waals surface area contributed by atoms with E-state index in [4.69, 9.17) is 0 Å². The molecule has 0 bridgehead atoms. The van der Waals surface area contributed by atoms with Gasteiger partial charge in [-0.05, 0) is 19.3 Å². The average molecular weight is 166 g/mol. The molecule has 0 aromatic heterocycles. The van der Waals surface area contributed by atoms with Crippen LogP contribution in [-0.4, -0.2) is 30.4 Å². The standard InChI is InChI=1S/C10H18N2/c1-2-4-8-12-9-5-6-10(12)11-7-3-1/h1-9H2. The molecule has 2 nitrogen and oxygen atoms in total. The minimum atomic E-state index is 1.08. The lowest BCUT2D eigenvalue weighted by Crippen LogP contribution is -2.25. The van der Waals surface area contributed by atoms with E-state index in [0.717, 1.165) is 6.54 Å². The first kappa shape index (κ1) is 8.09. The quantitative estimate of drug-likeness (QED) is 0.538. The second-order valence-electron chi connectivity index (χ2n) is 3.80. The maximum atomic E-state index is 4.65. The van der Waals surface area contributed by atoms with Gasteiger partial charge >= 0.3 is 0 Å². The van der Waals surface area contributed by atoms with E-state index in [9.17, 15) is 0 Å². The lowest BCUT2D eigenvalue weighted by atomic mass is 10.2. The smallest absolute Gasteiger partial charge is 0.0989 e. The van der Waals surface area contributed by atoms with Crippen LogP contribution in [0, 0.1) is 0 Å². The molecule has 1 saturated heterocycles. The molecule has 2 rings (SSSR count). The highest BCUT2D eigenvalue weighted by Gasteiger charge is 2.17. The van der Waals surface area contributed by atoms with Crippen molar-refractivity contribution in [3.63, 3.8) is 0 Å². The molecular weight excluding hydrogens is 148 g/mol. The van der Waals surface area contributed by atoms with Gasteiger partial charge in [-0.3, -0.25) is 4.99 Å². The van der Waals surface area contributed by atoms with E-state index in [2.05, 4.69) is 9.89 Å². The molecule has 2 aliphatic heterocycles. The predicted molar refractivity (Wildman–Crippen MR) is 51.6 cm³/mol. The molecule has 0 N–H and O–H groups in total. The van der Waals surface area contributed by atoms with Crippen LogP contribution in [0.3, 0.4) is 0 Å². The highest BCUT2D eigenvalue weighted by Crippen LogP contribution is 2.15. The number of hydrogen-bond donors (Lipinski definition) is 0. The number of aliphatic imine (C=N–C) groups is 1. The predicted octanol–water partition coefficient (Wildman–Crippen LogP) is 2.05. The van der Waals surface area contributed by atoms with Crippen LogP contribution in [0.1, 0.15) is 38.5 Å². The van der Waals surface area contributed by atoms with Gasteiger partial charge in [0.05, 0.1) is 5.84 Å². The molecule has 0 amide bonds. The minimum absolute atomic E-state index is 1.08. The Bertz CT molecular complexity index is 175. The van der Waals surface area contributed by atoms with E-state index in [1.54, 1.807) is 0 Å². The van der Waals surface area contributed by atoms with Gasteiger partial charge in [0.15, 0.2) is 0 Å². The highest BCUT2D eigenvalue weighted by atomic mass is 15.2. The summed E-state index contributed by atoms with van der Waals surface area (Å²) < 4.78 is 0. The van der Waals surface area contributed by atoms with Crippen LogP contribution in [0.4, 0.5) is 0 Å². The maximum absolute atomic E-state index is 4.65. The van der Waals surface area contributed by atoms with Crippen molar-refractivity contribution in [2.75, 3.05) is 19.6 Å². The SMILES string of the molecule is C1CCCN2CCCC2=NCC1. The zero-order valence-electron chi connectivity index (χ0n) is 7.76. The van der Waals surface area contributed by atoms with Gasteiger partial charge in [-0.2, -0.15) is 0 Å². The zero-order chi connectivity index (χ0) is 8.23. The Kier molecular flexibility index (Phi) is 2.64. The summed E-state index contributed by atoms with van der Waals surface area (Å²) in [5.74, 6) is 1.40. The van der Waals surface area contributed by atoms with Crippen molar-refractivity contribution in [3.8, 4) is 0 Å². The second-order valence-corrected chi connectivity index (χ2v) is 3.80. The molecule has 1 fully saturated rings. The number of fused-ring (bicyclic) bond motifs is 1. The fourth-order valence-electron chi connectivity index (χ4n) is 2.11. The monoisotopic (exact) mass is 166 g/mol. The summed E-state index contributed by atoms with van der Waals surface area (Å²) >= 11 is 0. The molecule has 0 atom stereocenters. The van der Waals surface area contributed by atoms with Crippen LogP contribution >= 0.6 is 0 Å². The van der Waals surface area contributed by atoms with Gasteiger partial charge in [-0.15, -0.1) is 0 Å². The summed E-state index contributed by atoms with van der Waals surface area (Å²) in [7, 11) is 0. The lowest BCUT2D eigenvalue weighted by Gasteiger charge is -2.17. The van der Waals surface area contributed by atoms with E-state index in [1.807, 2.05) is 0 Å². The Hall–Kier alpha value is -0.530. The summed E-state index contributed by atoms with van der Waals surface area (Å²) in [6.07, 6.45) is 8.03. The first-order valence-corrected chi connectivity index (χ1v) is 5.25. The van der Waals surface area contributed by atoms with Crippen LogP contribution in [0.2, 0.25) is 0 Å². The van der Waals surface area contributed by atoms with E-state index < -0.39 is 0 Å². The third kappa shape index (κ3) is 1.79. The zero-order valence-corrected chi connectivity index (χ0v) is 7.76. The summed E-state index contributed by atoms with van der Waals surface area (Å²) in [6, 6.07) is 0. The van der Waals surface area contributed by atoms with E-state index >= 15 is 0 Å². The Morgan fingerprint density at radius 3 is 2.75 bits per heavy atom. The van der Waals surface area contributed by atoms with Crippen LogP contribution in [-0.2, 0) is 0 Å². The lowest BCUT2D eigenvalue weighted by molar-refractivity contribution is 0.435. The van der Waals surface area contributed by atoms with Crippen molar-refractivity contribution in [3.05, 3.63) is 0 Å². The van der Waals surface area contributed by atoms with Gasteiger partial charge in [0.25, 0.3) is 0 Å². The molecule has 0 aromatic rings. The first-order valence-electron chi connectivity index (χ1n) is 5.25. The van der Waals surface area contributed by atoms with Gasteiger partial charge in [-0.25, -0.2) is 0 Å². The Morgan fingerprint density at radius 1 is 0.917 bits per heavy atom. The molecule has 68 valence electrons. The van der Waals surface area contributed by atoms with Gasteiger partial charge in [0.2, 0.25) is 0 Å². The van der Waals surface area contributed by atoms with Crippen molar-refractivity contribution in [2.45, 2.75) is 38.5 Å². The van der Waals surface area contributed by atoms with Crippen LogP contribution in [0.25, 0.3) is 0 Å². The normalized spacial score (nSPS) is 25.3. The molecule has 0 aliphatic carbocycles. The topological polar surface area (TPSA) is 15.6 Å². The first-order chi connectivity index (χ1) is 5.97. The number of hydrogen-bond acceptors (Lipinski definition) is 2. The Morgan fingerprint density at radius 2 is 1.75 bits per heavy atom. The van der Waals surface area contributed by atoms with Crippen molar-refractivity contribution in [2.24, 2.45) is 4.99 Å². The Labute approximate surface area is 74.7 Å². The molecule has 0 aromatic carbocycles. The molecule has 12 heavy (non-hydrogen) atoms. The van der Waals surface area contributed by atoms with Crippen LogP contribution in [0.15, 0.2) is 4.99 Å². The summed E-state index contributed by atoms with van der Waals surface area (Å²) in [6.45, 7) is 3.60. The fourth-order valence-corrected chi connectivity index (χ4v) is 2.11. The summed E-state index contributed by atoms with van der Waals surface area (Å²) in [4.78, 5) is 7.14. The van der Waals surface area contributed by atoms with E-state index in [-0.39, 0.29) is 0 Å². The largest absolute Gasteiger partial charge is 0.360 e. The minimum Gasteiger partial charge on any atom is -0.360 e. The maximum Gasteiger partial charge on any atom is 0.0989 e. The van der Waals surface area contributed by atoms with Gasteiger partial charge in [-0.1, -0.05) is 12.8 Å². The van der Waals surface area contributed by atoms with Gasteiger partial charge in [0.1, 0.15) is 0 Å². The van der Waals surface area contributed by atoms with Crippen LogP contribution < -0.4 is 0 Å². The summed E-state index contributed by atoms with van der Waals surface area (Å²) in [5, 5.41) is 0. The van der Waals surface area contributed by atoms with E-state index in [1.165, 1.54) is 57.5 Å². The molecule has 0 spiro atoms. The third-order valence-corrected chi connectivity index (χ3v) is 2.82. The average Bonchev–Trinajstić information content (AvgIpc) is 2.50. The third-order valence-electron chi connectivity index (χ3n) is 2.82. The molecule has 2 heterocycles. The second kappa shape index (κ2) is 3.92. The molecular formula is C10H18N2. The summed E-state index contributed by atoms with van der Waals surface area (Å²) in [5.41, 5.74) is 0. The molecule has 0 unspecified atom stereocenters. The number of rotatable bonds is 0. The van der Waals surface area contributed by atoms with Crippen molar-refractivity contribution >= 4 is 5.84 Å². The molecule has 2 aliphatic rings. The molecule has 0 saturated carbocycles. The number of nitrogens with zero attached hydrogens (tertiary/aromatic N) is 2. The fraction of sp³-hybridized carbons (Fsp3) is 0.900. The van der Waals surface area contributed by atoms with Gasteiger partial charge in [0, 0.05) is 26.1 Å². The van der Waals surface area contributed by atoms with Crippen molar-refractivity contribution in [1.29, 1.82) is 0 Å². The Balaban J connectivity index is 1.99. The van der Waals surface area contributed by atoms with Crippen molar-refractivity contribution < 1.29 is 0 Å². The van der Waals surface area contributed by atoms with E-state index in [0.29, 0.717) is 0 Å².